The molecule has 3 N–H and O–H groups in total. The first-order chi connectivity index (χ1) is 16.6. The molecular weight excluding hydrogens is 476 g/mol. The van der Waals surface area contributed by atoms with E-state index in [4.69, 9.17) is 5.73 Å². The lowest BCUT2D eigenvalue weighted by atomic mass is 9.66. The van der Waals surface area contributed by atoms with Crippen LogP contribution in [0.25, 0.3) is 10.2 Å². The number of carbonyl (C=O) groups excluding carboxylic acids is 2. The van der Waals surface area contributed by atoms with Crippen molar-refractivity contribution in [1.29, 1.82) is 0 Å². The van der Waals surface area contributed by atoms with Crippen molar-refractivity contribution in [3.63, 3.8) is 0 Å². The van der Waals surface area contributed by atoms with Gasteiger partial charge >= 0.3 is 0 Å². The lowest BCUT2D eigenvalue weighted by molar-refractivity contribution is -0.148. The maximum Gasteiger partial charge on any atom is 0.178 e. The van der Waals surface area contributed by atoms with Crippen LogP contribution < -0.4 is 5.73 Å². The summed E-state index contributed by atoms with van der Waals surface area (Å²) >= 11 is 2.93. The van der Waals surface area contributed by atoms with Gasteiger partial charge in [0.15, 0.2) is 15.9 Å². The second kappa shape index (κ2) is 11.8. The summed E-state index contributed by atoms with van der Waals surface area (Å²) in [6.45, 7) is 8.23. The van der Waals surface area contributed by atoms with Gasteiger partial charge in [-0.25, -0.2) is 4.98 Å². The van der Waals surface area contributed by atoms with Gasteiger partial charge in [0.2, 0.25) is 0 Å². The highest BCUT2D eigenvalue weighted by molar-refractivity contribution is 8.01. The Bertz CT molecular complexity index is 1110. The Kier molecular flexibility index (Phi) is 9.35. The number of aromatic nitrogens is 1. The summed E-state index contributed by atoms with van der Waals surface area (Å²) in [6, 6.07) is 5.62. The molecule has 1 aliphatic carbocycles. The van der Waals surface area contributed by atoms with Crippen molar-refractivity contribution in [2.24, 2.45) is 17.3 Å². The molecule has 0 amide bonds. The number of aliphatic hydroxyl groups is 1. The molecule has 1 aromatic heterocycles. The standard InChI is InChI=1S/C28H38N2O3S2/c1-5-27(4)20(9-7-6-8-10-22(31)13-11-19(2)3)15-16-28(27,33)25(32)18-34-26-30-23-14-12-21(29)17-24(23)35-26/h8,10-14,17,19-20,33H,5-7,9,15-16,18,29H2,1-4H3/b10-8+,13-11-/t20?,27?,28-/m0/s1. The van der Waals surface area contributed by atoms with Crippen LogP contribution in [-0.2, 0) is 9.59 Å². The van der Waals surface area contributed by atoms with Gasteiger partial charge in [0.1, 0.15) is 5.60 Å². The number of thiazole rings is 1. The van der Waals surface area contributed by atoms with Gasteiger partial charge in [-0.3, -0.25) is 9.59 Å². The number of nitrogen functional groups attached to an aromatic ring is 1. The van der Waals surface area contributed by atoms with E-state index in [1.807, 2.05) is 44.2 Å². The molecule has 2 unspecified atom stereocenters. The smallest absolute Gasteiger partial charge is 0.178 e. The van der Waals surface area contributed by atoms with E-state index in [-0.39, 0.29) is 23.2 Å². The molecule has 1 aliphatic rings. The average Bonchev–Trinajstić information content (AvgIpc) is 3.34. The summed E-state index contributed by atoms with van der Waals surface area (Å²) < 4.78 is 1.82. The molecule has 3 rings (SSSR count). The van der Waals surface area contributed by atoms with E-state index in [1.165, 1.54) is 23.1 Å². The summed E-state index contributed by atoms with van der Waals surface area (Å²) in [7, 11) is 0. The third-order valence-corrected chi connectivity index (χ3v) is 9.63. The number of nitrogens with two attached hydrogens (primary N) is 1. The van der Waals surface area contributed by atoms with Gasteiger partial charge in [-0.15, -0.1) is 11.3 Å². The molecule has 5 nitrogen and oxygen atoms in total. The highest BCUT2D eigenvalue weighted by Gasteiger charge is 2.58. The largest absolute Gasteiger partial charge is 0.399 e. The second-order valence-corrected chi connectivity index (χ2v) is 12.4. The van der Waals surface area contributed by atoms with Crippen molar-refractivity contribution in [3.8, 4) is 0 Å². The fraction of sp³-hybridized carbons (Fsp3) is 0.536. The first kappa shape index (κ1) is 27.6. The van der Waals surface area contributed by atoms with Gasteiger partial charge in [-0.2, -0.15) is 0 Å². The molecule has 0 bridgehead atoms. The van der Waals surface area contributed by atoms with E-state index in [2.05, 4.69) is 18.8 Å². The third kappa shape index (κ3) is 6.43. The maximum absolute atomic E-state index is 13.3. The van der Waals surface area contributed by atoms with Gasteiger partial charge in [-0.05, 0) is 80.7 Å². The van der Waals surface area contributed by atoms with Gasteiger partial charge in [-0.1, -0.05) is 51.6 Å². The van der Waals surface area contributed by atoms with Crippen LogP contribution in [0.2, 0.25) is 0 Å². The van der Waals surface area contributed by atoms with Crippen molar-refractivity contribution < 1.29 is 14.7 Å². The van der Waals surface area contributed by atoms with Gasteiger partial charge in [0, 0.05) is 11.1 Å². The number of rotatable bonds is 12. The monoisotopic (exact) mass is 514 g/mol. The van der Waals surface area contributed by atoms with E-state index >= 15 is 0 Å². The SMILES string of the molecule is CCC1(C)C(CCC/C=C/C(=O)/C=C\C(C)C)CC[C@]1(O)C(=O)CSc1nc2ccc(N)cc2s1. The van der Waals surface area contributed by atoms with Gasteiger partial charge in [0.05, 0.1) is 16.0 Å². The quantitative estimate of drug-likeness (QED) is 0.143. The van der Waals surface area contributed by atoms with E-state index < -0.39 is 11.0 Å². The number of anilines is 1. The van der Waals surface area contributed by atoms with E-state index in [0.29, 0.717) is 18.0 Å². The van der Waals surface area contributed by atoms with Crippen LogP contribution >= 0.6 is 23.1 Å². The molecule has 35 heavy (non-hydrogen) atoms. The van der Waals surface area contributed by atoms with Crippen molar-refractivity contribution in [1.82, 2.24) is 4.98 Å². The highest BCUT2D eigenvalue weighted by Crippen LogP contribution is 2.55. The summed E-state index contributed by atoms with van der Waals surface area (Å²) in [5, 5.41) is 11.6. The highest BCUT2D eigenvalue weighted by atomic mass is 32.2. The van der Waals surface area contributed by atoms with Crippen molar-refractivity contribution in [3.05, 3.63) is 42.5 Å². The van der Waals surface area contributed by atoms with E-state index in [9.17, 15) is 14.7 Å². The zero-order chi connectivity index (χ0) is 25.6. The van der Waals surface area contributed by atoms with Crippen LogP contribution in [0, 0.1) is 17.3 Å². The minimum atomic E-state index is -1.31. The average molecular weight is 515 g/mol. The molecule has 1 aromatic carbocycles. The number of ketones is 2. The van der Waals surface area contributed by atoms with E-state index in [0.717, 1.165) is 46.7 Å². The fourth-order valence-electron chi connectivity index (χ4n) is 5.08. The number of benzene rings is 1. The summed E-state index contributed by atoms with van der Waals surface area (Å²) in [5.74, 6) is 0.773. The molecule has 0 spiro atoms. The molecular formula is C28H38N2O3S2. The number of fused-ring (bicyclic) bond motifs is 1. The van der Waals surface area contributed by atoms with Crippen LogP contribution in [-0.4, -0.2) is 33.0 Å². The Labute approximate surface area is 217 Å². The van der Waals surface area contributed by atoms with Crippen molar-refractivity contribution in [2.45, 2.75) is 76.2 Å². The Hall–Kier alpha value is -1.96. The summed E-state index contributed by atoms with van der Waals surface area (Å²) in [6.07, 6.45) is 11.9. The Morgan fingerprint density at radius 1 is 1.34 bits per heavy atom. The topological polar surface area (TPSA) is 93.3 Å². The Balaban J connectivity index is 1.56. The molecule has 7 heteroatoms. The lowest BCUT2D eigenvalue weighted by Gasteiger charge is -2.41. The fourth-order valence-corrected chi connectivity index (χ4v) is 7.16. The number of nitrogens with zero attached hydrogens (tertiary/aromatic N) is 1. The van der Waals surface area contributed by atoms with Crippen LogP contribution in [0.3, 0.4) is 0 Å². The molecule has 3 atom stereocenters. The minimum Gasteiger partial charge on any atom is -0.399 e. The lowest BCUT2D eigenvalue weighted by Crippen LogP contribution is -2.51. The van der Waals surface area contributed by atoms with Crippen LogP contribution in [0.1, 0.15) is 66.2 Å². The first-order valence-corrected chi connectivity index (χ1v) is 14.3. The number of hydrogen-bond donors (Lipinski definition) is 2. The van der Waals surface area contributed by atoms with Crippen LogP contribution in [0.5, 0.6) is 0 Å². The summed E-state index contributed by atoms with van der Waals surface area (Å²) in [5.41, 5.74) is 5.68. The third-order valence-electron chi connectivity index (χ3n) is 7.47. The number of Topliss-reactive ketones (excluding diaryl/α,β-unsaturated/α-hetero) is 1. The van der Waals surface area contributed by atoms with Crippen molar-refractivity contribution >= 4 is 50.6 Å². The molecule has 0 aliphatic heterocycles. The van der Waals surface area contributed by atoms with Gasteiger partial charge < -0.3 is 10.8 Å². The molecule has 190 valence electrons. The number of hydrogen-bond acceptors (Lipinski definition) is 7. The predicted octanol–water partition coefficient (Wildman–Crippen LogP) is 6.60. The molecule has 1 fully saturated rings. The first-order valence-electron chi connectivity index (χ1n) is 12.5. The van der Waals surface area contributed by atoms with Gasteiger partial charge in [0.25, 0.3) is 0 Å². The summed E-state index contributed by atoms with van der Waals surface area (Å²) in [4.78, 5) is 29.8. The molecule has 1 saturated carbocycles. The molecule has 2 aromatic rings. The minimum absolute atomic E-state index is 0.0204. The Morgan fingerprint density at radius 2 is 2.11 bits per heavy atom. The maximum atomic E-state index is 13.3. The molecule has 0 radical (unpaired) electrons. The number of allylic oxidation sites excluding steroid dienone is 4. The zero-order valence-corrected chi connectivity index (χ0v) is 22.9. The number of unbranched alkanes of at least 4 members (excludes halogenated alkanes) is 1. The van der Waals surface area contributed by atoms with Crippen molar-refractivity contribution in [2.75, 3.05) is 11.5 Å². The van der Waals surface area contributed by atoms with Crippen LogP contribution in [0.15, 0.2) is 46.8 Å². The van der Waals surface area contributed by atoms with E-state index in [1.54, 1.807) is 12.2 Å². The molecule has 0 saturated heterocycles. The predicted molar refractivity (Wildman–Crippen MR) is 148 cm³/mol. The second-order valence-electron chi connectivity index (χ2n) is 10.1. The number of carbonyl (C=O) groups is 2. The number of thioether (sulfide) groups is 1. The zero-order valence-electron chi connectivity index (χ0n) is 21.3. The normalized spacial score (nSPS) is 24.9. The molecule has 1 heterocycles. The van der Waals surface area contributed by atoms with Crippen LogP contribution in [0.4, 0.5) is 5.69 Å². The Morgan fingerprint density at radius 3 is 2.83 bits per heavy atom.